The Morgan fingerprint density at radius 2 is 2.15 bits per heavy atom. The molecule has 0 aliphatic carbocycles. The number of methoxy groups -OCH3 is 2. The van der Waals surface area contributed by atoms with Gasteiger partial charge in [-0.15, -0.1) is 0 Å². The van der Waals surface area contributed by atoms with Crippen molar-refractivity contribution in [1.29, 1.82) is 0 Å². The van der Waals surface area contributed by atoms with Crippen LogP contribution in [-0.2, 0) is 11.2 Å². The Morgan fingerprint density at radius 3 is 2.81 bits per heavy atom. The Kier molecular flexibility index (Phi) is 5.74. The molecule has 2 heterocycles. The first kappa shape index (κ1) is 19.3. The molecular weight excluding hydrogens is 366 g/mol. The minimum atomic E-state index is -0.208. The lowest BCUT2D eigenvalue weighted by molar-refractivity contribution is -0.116. The number of benzene rings is 1. The SMILES string of the molecule is CCc1c(C)nc2n(c1=O)C(CC(=O)Nc1ccc(OC)cc1OC)CS2. The summed E-state index contributed by atoms with van der Waals surface area (Å²) < 4.78 is 12.1. The first-order valence-electron chi connectivity index (χ1n) is 8.75. The van der Waals surface area contributed by atoms with Gasteiger partial charge in [0.1, 0.15) is 11.5 Å². The van der Waals surface area contributed by atoms with Gasteiger partial charge in [0, 0.05) is 29.5 Å². The van der Waals surface area contributed by atoms with Crippen molar-refractivity contribution in [2.45, 2.75) is 37.9 Å². The maximum Gasteiger partial charge on any atom is 0.257 e. The van der Waals surface area contributed by atoms with Gasteiger partial charge in [0.15, 0.2) is 5.16 Å². The Labute approximate surface area is 162 Å². The standard InChI is InChI=1S/C19H23N3O4S/c1-5-14-11(2)20-19-22(18(14)24)12(10-27-19)8-17(23)21-15-7-6-13(25-3)9-16(15)26-4/h6-7,9,12H,5,8,10H2,1-4H3,(H,21,23). The number of carbonyl (C=O) groups excluding carboxylic acids is 1. The third kappa shape index (κ3) is 3.80. The lowest BCUT2D eigenvalue weighted by atomic mass is 10.1. The van der Waals surface area contributed by atoms with E-state index >= 15 is 0 Å². The molecule has 0 radical (unpaired) electrons. The van der Waals surface area contributed by atoms with Gasteiger partial charge in [0.2, 0.25) is 5.91 Å². The number of rotatable bonds is 6. The normalized spacial score (nSPS) is 15.3. The summed E-state index contributed by atoms with van der Waals surface area (Å²) in [4.78, 5) is 29.9. The van der Waals surface area contributed by atoms with Crippen LogP contribution in [0.4, 0.5) is 5.69 Å². The number of nitrogens with zero attached hydrogens (tertiary/aromatic N) is 2. The number of nitrogens with one attached hydrogen (secondary N) is 1. The number of aromatic nitrogens is 2. The lowest BCUT2D eigenvalue weighted by Crippen LogP contribution is -2.30. The van der Waals surface area contributed by atoms with Gasteiger partial charge in [-0.2, -0.15) is 0 Å². The third-order valence-corrected chi connectivity index (χ3v) is 5.71. The zero-order valence-corrected chi connectivity index (χ0v) is 16.7. The Morgan fingerprint density at radius 1 is 1.37 bits per heavy atom. The first-order valence-corrected chi connectivity index (χ1v) is 9.73. The Bertz CT molecular complexity index is 926. The first-order chi connectivity index (χ1) is 13.0. The Balaban J connectivity index is 1.79. The van der Waals surface area contributed by atoms with Crippen molar-refractivity contribution >= 4 is 23.4 Å². The predicted octanol–water partition coefficient (Wildman–Crippen LogP) is 2.81. The van der Waals surface area contributed by atoms with Crippen molar-refractivity contribution in [3.8, 4) is 11.5 Å². The summed E-state index contributed by atoms with van der Waals surface area (Å²) in [5.74, 6) is 1.64. The fourth-order valence-corrected chi connectivity index (χ4v) is 4.38. The van der Waals surface area contributed by atoms with Crippen LogP contribution < -0.4 is 20.3 Å². The van der Waals surface area contributed by atoms with E-state index < -0.39 is 0 Å². The summed E-state index contributed by atoms with van der Waals surface area (Å²) in [5.41, 5.74) is 2.01. The van der Waals surface area contributed by atoms with Crippen molar-refractivity contribution in [2.75, 3.05) is 25.3 Å². The van der Waals surface area contributed by atoms with Gasteiger partial charge < -0.3 is 14.8 Å². The van der Waals surface area contributed by atoms with Crippen LogP contribution in [0.15, 0.2) is 28.2 Å². The van der Waals surface area contributed by atoms with E-state index in [1.54, 1.807) is 29.9 Å². The van der Waals surface area contributed by atoms with Crippen LogP contribution in [0.2, 0.25) is 0 Å². The second-order valence-corrected chi connectivity index (χ2v) is 7.26. The summed E-state index contributed by atoms with van der Waals surface area (Å²) in [6, 6.07) is 4.99. The zero-order valence-electron chi connectivity index (χ0n) is 15.9. The molecule has 1 aromatic heterocycles. The molecule has 144 valence electrons. The quantitative estimate of drug-likeness (QED) is 0.765. The molecule has 0 bridgehead atoms. The van der Waals surface area contributed by atoms with Gasteiger partial charge in [0.05, 0.1) is 25.9 Å². The molecule has 1 unspecified atom stereocenters. The molecule has 1 atom stereocenters. The fourth-order valence-electron chi connectivity index (χ4n) is 3.20. The highest BCUT2D eigenvalue weighted by Gasteiger charge is 2.29. The van der Waals surface area contributed by atoms with Gasteiger partial charge in [-0.1, -0.05) is 18.7 Å². The molecule has 8 heteroatoms. The second kappa shape index (κ2) is 8.04. The summed E-state index contributed by atoms with van der Waals surface area (Å²) in [6.07, 6.45) is 0.827. The monoisotopic (exact) mass is 389 g/mol. The lowest BCUT2D eigenvalue weighted by Gasteiger charge is -2.16. The molecule has 7 nitrogen and oxygen atoms in total. The number of ether oxygens (including phenoxy) is 2. The van der Waals surface area contributed by atoms with Gasteiger partial charge in [0.25, 0.3) is 5.56 Å². The van der Waals surface area contributed by atoms with Crippen LogP contribution in [0.5, 0.6) is 11.5 Å². The number of hydrogen-bond donors (Lipinski definition) is 1. The Hall–Kier alpha value is -2.48. The number of fused-ring (bicyclic) bond motifs is 1. The number of carbonyl (C=O) groups is 1. The number of anilines is 1. The molecule has 0 saturated heterocycles. The molecule has 0 saturated carbocycles. The molecule has 1 aromatic carbocycles. The maximum atomic E-state index is 12.8. The smallest absolute Gasteiger partial charge is 0.257 e. The molecular formula is C19H23N3O4S. The molecule has 1 aliphatic heterocycles. The highest BCUT2D eigenvalue weighted by Crippen LogP contribution is 2.34. The van der Waals surface area contributed by atoms with Crippen molar-refractivity contribution in [3.05, 3.63) is 39.8 Å². The number of amides is 1. The third-order valence-electron chi connectivity index (χ3n) is 4.61. The molecule has 1 aliphatic rings. The minimum Gasteiger partial charge on any atom is -0.497 e. The van der Waals surface area contributed by atoms with E-state index in [1.807, 2.05) is 13.8 Å². The molecule has 1 N–H and O–H groups in total. The summed E-state index contributed by atoms with van der Waals surface area (Å²) in [5, 5.41) is 3.55. The second-order valence-electron chi connectivity index (χ2n) is 6.27. The average Bonchev–Trinajstić information content (AvgIpc) is 3.04. The minimum absolute atomic E-state index is 0.0372. The molecule has 0 fully saturated rings. The van der Waals surface area contributed by atoms with E-state index in [2.05, 4.69) is 10.3 Å². The van der Waals surface area contributed by atoms with E-state index in [9.17, 15) is 9.59 Å². The number of thioether (sulfide) groups is 1. The number of hydrogen-bond acceptors (Lipinski definition) is 6. The summed E-state index contributed by atoms with van der Waals surface area (Å²) in [7, 11) is 3.11. The fraction of sp³-hybridized carbons (Fsp3) is 0.421. The molecule has 3 rings (SSSR count). The van der Waals surface area contributed by atoms with Crippen LogP contribution in [-0.4, -0.2) is 35.4 Å². The molecule has 1 amide bonds. The van der Waals surface area contributed by atoms with Crippen molar-refractivity contribution in [2.24, 2.45) is 0 Å². The van der Waals surface area contributed by atoms with E-state index in [0.29, 0.717) is 40.1 Å². The van der Waals surface area contributed by atoms with Gasteiger partial charge in [-0.25, -0.2) is 4.98 Å². The summed E-state index contributed by atoms with van der Waals surface area (Å²) >= 11 is 1.52. The van der Waals surface area contributed by atoms with Crippen LogP contribution in [0.25, 0.3) is 0 Å². The van der Waals surface area contributed by atoms with E-state index in [1.165, 1.54) is 18.9 Å². The van der Waals surface area contributed by atoms with Crippen molar-refractivity contribution in [1.82, 2.24) is 9.55 Å². The van der Waals surface area contributed by atoms with Gasteiger partial charge in [-0.3, -0.25) is 14.2 Å². The van der Waals surface area contributed by atoms with E-state index in [0.717, 1.165) is 5.69 Å². The largest absolute Gasteiger partial charge is 0.497 e. The number of aryl methyl sites for hydroxylation is 1. The molecule has 27 heavy (non-hydrogen) atoms. The molecule has 0 spiro atoms. The predicted molar refractivity (Wildman–Crippen MR) is 105 cm³/mol. The van der Waals surface area contributed by atoms with Crippen LogP contribution in [0.3, 0.4) is 0 Å². The zero-order chi connectivity index (χ0) is 19.6. The highest BCUT2D eigenvalue weighted by molar-refractivity contribution is 7.99. The van der Waals surface area contributed by atoms with Crippen LogP contribution >= 0.6 is 11.8 Å². The molecule has 2 aromatic rings. The maximum absolute atomic E-state index is 12.8. The van der Waals surface area contributed by atoms with Crippen LogP contribution in [0.1, 0.15) is 30.6 Å². The van der Waals surface area contributed by atoms with Crippen molar-refractivity contribution < 1.29 is 14.3 Å². The summed E-state index contributed by atoms with van der Waals surface area (Å²) in [6.45, 7) is 3.80. The van der Waals surface area contributed by atoms with E-state index in [4.69, 9.17) is 9.47 Å². The van der Waals surface area contributed by atoms with Crippen molar-refractivity contribution in [3.63, 3.8) is 0 Å². The topological polar surface area (TPSA) is 82.5 Å². The van der Waals surface area contributed by atoms with Gasteiger partial charge >= 0.3 is 0 Å². The van der Waals surface area contributed by atoms with E-state index in [-0.39, 0.29) is 23.9 Å². The van der Waals surface area contributed by atoms with Gasteiger partial charge in [-0.05, 0) is 25.5 Å². The van der Waals surface area contributed by atoms with Crippen LogP contribution in [0, 0.1) is 6.92 Å². The highest BCUT2D eigenvalue weighted by atomic mass is 32.2. The average molecular weight is 389 g/mol.